The van der Waals surface area contributed by atoms with Crippen LogP contribution in [0, 0.1) is 18.8 Å². The predicted molar refractivity (Wildman–Crippen MR) is 122 cm³/mol. The number of nitrogens with zero attached hydrogens (tertiary/aromatic N) is 2. The van der Waals surface area contributed by atoms with E-state index < -0.39 is 21.5 Å². The molecule has 0 saturated carbocycles. The van der Waals surface area contributed by atoms with Crippen LogP contribution in [0.4, 0.5) is 4.79 Å². The second-order valence-corrected chi connectivity index (χ2v) is 10.9. The minimum atomic E-state index is -2.83. The molecule has 1 amide bonds. The zero-order valence-corrected chi connectivity index (χ0v) is 19.8. The van der Waals surface area contributed by atoms with Crippen LogP contribution in [0.5, 0.6) is 0 Å². The molecular weight excluding hydrogens is 416 g/mol. The van der Waals surface area contributed by atoms with Crippen molar-refractivity contribution in [3.05, 3.63) is 29.1 Å². The molecule has 1 aliphatic heterocycles. The molecular formula is C22H34N4O4S. The molecule has 0 atom stereocenters. The summed E-state index contributed by atoms with van der Waals surface area (Å²) in [4.78, 5) is 18.3. The molecule has 0 aromatic carbocycles. The number of sulfone groups is 1. The quantitative estimate of drug-likeness (QED) is 0.479. The first-order valence-electron chi connectivity index (χ1n) is 10.6. The van der Waals surface area contributed by atoms with Crippen LogP contribution in [0.15, 0.2) is 12.1 Å². The maximum atomic E-state index is 11.6. The van der Waals surface area contributed by atoms with Crippen LogP contribution in [0.3, 0.4) is 0 Å². The number of carbonyl (C=O) groups excluding carboxylic acids is 1. The molecule has 1 aromatic rings. The first kappa shape index (κ1) is 25.1. The molecule has 9 heteroatoms. The van der Waals surface area contributed by atoms with Crippen molar-refractivity contribution in [2.45, 2.75) is 46.3 Å². The Kier molecular flexibility index (Phi) is 9.29. The van der Waals surface area contributed by atoms with E-state index in [-0.39, 0.29) is 11.5 Å². The third kappa shape index (κ3) is 10.1. The molecule has 2 rings (SSSR count). The van der Waals surface area contributed by atoms with E-state index in [1.807, 2.05) is 39.8 Å². The van der Waals surface area contributed by atoms with Gasteiger partial charge in [-0.05, 0) is 45.2 Å². The molecule has 1 saturated heterocycles. The van der Waals surface area contributed by atoms with Crippen LogP contribution < -0.4 is 10.6 Å². The van der Waals surface area contributed by atoms with Gasteiger partial charge < -0.3 is 20.3 Å². The number of carbonyl (C=O) groups is 1. The van der Waals surface area contributed by atoms with E-state index >= 15 is 0 Å². The fourth-order valence-electron chi connectivity index (χ4n) is 2.97. The largest absolute Gasteiger partial charge is 0.444 e. The highest BCUT2D eigenvalue weighted by Crippen LogP contribution is 2.07. The zero-order chi connectivity index (χ0) is 22.9. The maximum absolute atomic E-state index is 11.6. The summed E-state index contributed by atoms with van der Waals surface area (Å²) in [5, 5.41) is 6.07. The Morgan fingerprint density at radius 2 is 1.94 bits per heavy atom. The number of rotatable bonds is 7. The molecule has 0 radical (unpaired) electrons. The fraction of sp³-hybridized carbons (Fsp3) is 0.636. The Balaban J connectivity index is 1.68. The topological polar surface area (TPSA) is 101 Å². The van der Waals surface area contributed by atoms with Gasteiger partial charge in [-0.25, -0.2) is 18.2 Å². The van der Waals surface area contributed by atoms with Gasteiger partial charge in [-0.2, -0.15) is 0 Å². The SMILES string of the molecule is Cc1nc(C#CCCNC(=O)OC(C)(C)C)ccc1CNCCN1CCS(=O)(=O)CC1. The highest BCUT2D eigenvalue weighted by Gasteiger charge is 2.20. The van der Waals surface area contributed by atoms with Crippen LogP contribution in [0.25, 0.3) is 0 Å². The molecule has 0 bridgehead atoms. The number of amides is 1. The highest BCUT2D eigenvalue weighted by molar-refractivity contribution is 7.91. The summed E-state index contributed by atoms with van der Waals surface area (Å²) in [7, 11) is -2.83. The van der Waals surface area contributed by atoms with Gasteiger partial charge in [-0.3, -0.25) is 0 Å². The van der Waals surface area contributed by atoms with Gasteiger partial charge in [-0.1, -0.05) is 12.0 Å². The van der Waals surface area contributed by atoms with Crippen molar-refractivity contribution < 1.29 is 17.9 Å². The van der Waals surface area contributed by atoms with E-state index in [1.54, 1.807) is 0 Å². The normalized spacial score (nSPS) is 16.3. The van der Waals surface area contributed by atoms with Gasteiger partial charge in [0.25, 0.3) is 0 Å². The monoisotopic (exact) mass is 450 g/mol. The van der Waals surface area contributed by atoms with Gasteiger partial charge in [0.1, 0.15) is 11.3 Å². The summed E-state index contributed by atoms with van der Waals surface area (Å²) >= 11 is 0. The summed E-state index contributed by atoms with van der Waals surface area (Å²) in [6, 6.07) is 3.92. The van der Waals surface area contributed by atoms with Crippen molar-refractivity contribution in [1.82, 2.24) is 20.5 Å². The molecule has 1 aromatic heterocycles. The highest BCUT2D eigenvalue weighted by atomic mass is 32.2. The van der Waals surface area contributed by atoms with E-state index in [0.717, 1.165) is 24.3 Å². The average molecular weight is 451 g/mol. The maximum Gasteiger partial charge on any atom is 0.407 e. The Hall–Kier alpha value is -2.15. The zero-order valence-electron chi connectivity index (χ0n) is 19.0. The van der Waals surface area contributed by atoms with Crippen LogP contribution in [-0.4, -0.2) is 74.2 Å². The number of hydrogen-bond acceptors (Lipinski definition) is 7. The summed E-state index contributed by atoms with van der Waals surface area (Å²) < 4.78 is 28.1. The van der Waals surface area contributed by atoms with Crippen molar-refractivity contribution in [2.24, 2.45) is 0 Å². The van der Waals surface area contributed by atoms with Gasteiger partial charge in [-0.15, -0.1) is 0 Å². The molecule has 31 heavy (non-hydrogen) atoms. The molecule has 8 nitrogen and oxygen atoms in total. The van der Waals surface area contributed by atoms with Gasteiger partial charge in [0, 0.05) is 51.4 Å². The minimum Gasteiger partial charge on any atom is -0.444 e. The summed E-state index contributed by atoms with van der Waals surface area (Å²) in [5.41, 5.74) is 2.23. The molecule has 0 unspecified atom stereocenters. The van der Waals surface area contributed by atoms with Crippen LogP contribution in [0.1, 0.15) is 44.1 Å². The number of pyridine rings is 1. The fourth-order valence-corrected chi connectivity index (χ4v) is 4.25. The molecule has 172 valence electrons. The van der Waals surface area contributed by atoms with E-state index in [2.05, 4.69) is 32.4 Å². The molecule has 2 N–H and O–H groups in total. The first-order chi connectivity index (χ1) is 14.5. The Bertz CT molecular complexity index is 900. The van der Waals surface area contributed by atoms with E-state index in [1.165, 1.54) is 0 Å². The third-order valence-electron chi connectivity index (χ3n) is 4.69. The lowest BCUT2D eigenvalue weighted by Gasteiger charge is -2.26. The van der Waals surface area contributed by atoms with Crippen molar-refractivity contribution >= 4 is 15.9 Å². The lowest BCUT2D eigenvalue weighted by atomic mass is 10.2. The number of alkyl carbamates (subject to hydrolysis) is 1. The predicted octanol–water partition coefficient (Wildman–Crippen LogP) is 1.48. The second-order valence-electron chi connectivity index (χ2n) is 8.59. The summed E-state index contributed by atoms with van der Waals surface area (Å²) in [6.07, 6.45) is 0.0756. The van der Waals surface area contributed by atoms with E-state index in [4.69, 9.17) is 4.74 Å². The molecule has 0 spiro atoms. The van der Waals surface area contributed by atoms with Crippen LogP contribution in [-0.2, 0) is 21.1 Å². The number of aryl methyl sites for hydroxylation is 1. The smallest absolute Gasteiger partial charge is 0.407 e. The lowest BCUT2D eigenvalue weighted by molar-refractivity contribution is 0.0529. The summed E-state index contributed by atoms with van der Waals surface area (Å²) in [6.45, 7) is 11.4. The van der Waals surface area contributed by atoms with Gasteiger partial charge in [0.2, 0.25) is 0 Å². The molecule has 2 heterocycles. The van der Waals surface area contributed by atoms with Gasteiger partial charge in [0.05, 0.1) is 11.5 Å². The van der Waals surface area contributed by atoms with Crippen LogP contribution >= 0.6 is 0 Å². The number of nitrogens with one attached hydrogen (secondary N) is 2. The van der Waals surface area contributed by atoms with Gasteiger partial charge >= 0.3 is 6.09 Å². The molecule has 1 fully saturated rings. The van der Waals surface area contributed by atoms with Crippen LogP contribution in [0.2, 0.25) is 0 Å². The number of hydrogen-bond donors (Lipinski definition) is 2. The van der Waals surface area contributed by atoms with Crippen molar-refractivity contribution in [2.75, 3.05) is 44.2 Å². The number of ether oxygens (including phenoxy) is 1. The van der Waals surface area contributed by atoms with Crippen molar-refractivity contribution in [1.29, 1.82) is 0 Å². The Morgan fingerprint density at radius 1 is 1.23 bits per heavy atom. The Morgan fingerprint density at radius 3 is 2.58 bits per heavy atom. The Labute approximate surface area is 186 Å². The molecule has 1 aliphatic rings. The van der Waals surface area contributed by atoms with E-state index in [0.29, 0.717) is 38.3 Å². The van der Waals surface area contributed by atoms with Crippen molar-refractivity contribution in [3.8, 4) is 11.8 Å². The second kappa shape index (κ2) is 11.5. The average Bonchev–Trinajstić information content (AvgIpc) is 2.66. The van der Waals surface area contributed by atoms with E-state index in [9.17, 15) is 13.2 Å². The molecule has 0 aliphatic carbocycles. The first-order valence-corrected chi connectivity index (χ1v) is 12.4. The number of aromatic nitrogens is 1. The van der Waals surface area contributed by atoms with Crippen molar-refractivity contribution in [3.63, 3.8) is 0 Å². The standard InChI is InChI=1S/C22H34N4O4S/c1-18-19(17-23-11-12-26-13-15-31(28,29)16-14-26)8-9-20(25-18)7-5-6-10-24-21(27)30-22(2,3)4/h8-9,23H,6,10-17H2,1-4H3,(H,24,27). The lowest BCUT2D eigenvalue weighted by Crippen LogP contribution is -2.43. The van der Waals surface area contributed by atoms with Gasteiger partial charge in [0.15, 0.2) is 9.84 Å². The summed E-state index contributed by atoms with van der Waals surface area (Å²) in [5.74, 6) is 6.56. The third-order valence-corrected chi connectivity index (χ3v) is 6.30. The minimum absolute atomic E-state index is 0.260.